The van der Waals surface area contributed by atoms with Crippen LogP contribution in [0.5, 0.6) is 0 Å². The highest BCUT2D eigenvalue weighted by atomic mass is 32.2. The van der Waals surface area contributed by atoms with E-state index in [9.17, 15) is 22.0 Å². The van der Waals surface area contributed by atoms with Crippen molar-refractivity contribution >= 4 is 21.4 Å². The van der Waals surface area contributed by atoms with E-state index in [1.807, 2.05) is 11.8 Å². The Bertz CT molecular complexity index is 664. The molecule has 0 radical (unpaired) electrons. The van der Waals surface area contributed by atoms with Gasteiger partial charge in [-0.25, -0.2) is 8.42 Å². The number of para-hydroxylation sites is 1. The van der Waals surface area contributed by atoms with Crippen LogP contribution in [0.25, 0.3) is 0 Å². The number of alkyl halides is 2. The van der Waals surface area contributed by atoms with Crippen molar-refractivity contribution in [2.24, 2.45) is 0 Å². The summed E-state index contributed by atoms with van der Waals surface area (Å²) in [5, 5.41) is 2.45. The predicted molar refractivity (Wildman–Crippen MR) is 83.1 cm³/mol. The number of piperidine rings is 1. The number of nitrogens with one attached hydrogen (secondary N) is 1. The summed E-state index contributed by atoms with van der Waals surface area (Å²) in [5.41, 5.74) is -0.109. The van der Waals surface area contributed by atoms with E-state index >= 15 is 0 Å². The van der Waals surface area contributed by atoms with E-state index in [4.69, 9.17) is 0 Å². The summed E-state index contributed by atoms with van der Waals surface area (Å²) in [6, 6.07) is 5.49. The Kier molecular flexibility index (Phi) is 5.69. The molecule has 1 N–H and O–H groups in total. The molecular formula is C15H20F2N2O3S. The maximum absolute atomic E-state index is 12.7. The molecule has 0 saturated carbocycles. The third-order valence-electron chi connectivity index (χ3n) is 3.99. The summed E-state index contributed by atoms with van der Waals surface area (Å²) < 4.78 is 48.8. The van der Waals surface area contributed by atoms with Crippen LogP contribution in [0.3, 0.4) is 0 Å². The lowest BCUT2D eigenvalue weighted by Gasteiger charge is -2.32. The maximum atomic E-state index is 12.7. The average Bonchev–Trinajstić information content (AvgIpc) is 2.50. The third kappa shape index (κ3) is 4.26. The van der Waals surface area contributed by atoms with Gasteiger partial charge in [-0.15, -0.1) is 0 Å². The molecular weight excluding hydrogens is 326 g/mol. The highest BCUT2D eigenvalue weighted by Crippen LogP contribution is 2.26. The summed E-state index contributed by atoms with van der Waals surface area (Å²) in [6.07, 6.45) is 3.13. The third-order valence-corrected chi connectivity index (χ3v) is 5.43. The summed E-state index contributed by atoms with van der Waals surface area (Å²) in [6.45, 7) is 2.94. The Morgan fingerprint density at radius 2 is 2.04 bits per heavy atom. The number of nitrogens with zero attached hydrogens (tertiary/aromatic N) is 1. The number of carbonyl (C=O) groups is 1. The summed E-state index contributed by atoms with van der Waals surface area (Å²) in [5.74, 6) is -3.93. The van der Waals surface area contributed by atoms with E-state index < -0.39 is 26.4 Å². The van der Waals surface area contributed by atoms with Gasteiger partial charge in [0.2, 0.25) is 15.7 Å². The van der Waals surface area contributed by atoms with E-state index in [-0.39, 0.29) is 18.3 Å². The molecule has 1 aliphatic heterocycles. The molecule has 1 heterocycles. The molecule has 1 atom stereocenters. The van der Waals surface area contributed by atoms with E-state index in [0.29, 0.717) is 0 Å². The molecule has 1 amide bonds. The minimum Gasteiger partial charge on any atom is -0.324 e. The molecule has 1 fully saturated rings. The SMILES string of the molecule is C[C@H]1CCCCN1CC(=O)Nc1ccccc1S(=O)(=O)C(F)F. The first-order valence-corrected chi connectivity index (χ1v) is 9.02. The van der Waals surface area contributed by atoms with Gasteiger partial charge in [-0.3, -0.25) is 9.69 Å². The quantitative estimate of drug-likeness (QED) is 0.890. The van der Waals surface area contributed by atoms with Crippen molar-refractivity contribution in [3.05, 3.63) is 24.3 Å². The highest BCUT2D eigenvalue weighted by molar-refractivity contribution is 7.91. The molecule has 8 heteroatoms. The largest absolute Gasteiger partial charge is 0.341 e. The lowest BCUT2D eigenvalue weighted by molar-refractivity contribution is -0.118. The molecule has 0 aliphatic carbocycles. The number of benzene rings is 1. The van der Waals surface area contributed by atoms with Gasteiger partial charge in [-0.1, -0.05) is 18.6 Å². The van der Waals surface area contributed by atoms with Crippen molar-refractivity contribution in [1.82, 2.24) is 4.90 Å². The fraction of sp³-hybridized carbons (Fsp3) is 0.533. The lowest BCUT2D eigenvalue weighted by Crippen LogP contribution is -2.42. The van der Waals surface area contributed by atoms with E-state index in [1.165, 1.54) is 18.2 Å². The Hall–Kier alpha value is -1.54. The van der Waals surface area contributed by atoms with Gasteiger partial charge in [-0.05, 0) is 38.4 Å². The van der Waals surface area contributed by atoms with Crippen molar-refractivity contribution < 1.29 is 22.0 Å². The number of hydrogen-bond acceptors (Lipinski definition) is 4. The van der Waals surface area contributed by atoms with Gasteiger partial charge in [0, 0.05) is 6.04 Å². The second-order valence-corrected chi connectivity index (χ2v) is 7.55. The van der Waals surface area contributed by atoms with Crippen LogP contribution >= 0.6 is 0 Å². The van der Waals surface area contributed by atoms with Crippen molar-refractivity contribution in [3.8, 4) is 0 Å². The molecule has 0 unspecified atom stereocenters. The highest BCUT2D eigenvalue weighted by Gasteiger charge is 2.29. The van der Waals surface area contributed by atoms with E-state index in [2.05, 4.69) is 5.32 Å². The van der Waals surface area contributed by atoms with Crippen molar-refractivity contribution in [1.29, 1.82) is 0 Å². The fourth-order valence-electron chi connectivity index (χ4n) is 2.68. The Morgan fingerprint density at radius 3 is 2.70 bits per heavy atom. The number of carbonyl (C=O) groups excluding carboxylic acids is 1. The van der Waals surface area contributed by atoms with Gasteiger partial charge in [0.15, 0.2) is 0 Å². The van der Waals surface area contributed by atoms with Gasteiger partial charge >= 0.3 is 5.76 Å². The molecule has 0 bridgehead atoms. The van der Waals surface area contributed by atoms with Crippen LogP contribution in [0, 0.1) is 0 Å². The molecule has 2 rings (SSSR count). The zero-order chi connectivity index (χ0) is 17.0. The summed E-state index contributed by atoms with van der Waals surface area (Å²) in [4.78, 5) is 13.6. The maximum Gasteiger partial charge on any atom is 0.341 e. The average molecular weight is 346 g/mol. The molecule has 128 valence electrons. The van der Waals surface area contributed by atoms with Crippen LogP contribution in [0.4, 0.5) is 14.5 Å². The Balaban J connectivity index is 2.13. The molecule has 0 aromatic heterocycles. The molecule has 5 nitrogen and oxygen atoms in total. The second kappa shape index (κ2) is 7.35. The fourth-order valence-corrected chi connectivity index (χ4v) is 3.57. The molecule has 1 aromatic carbocycles. The van der Waals surface area contributed by atoms with Gasteiger partial charge in [0.1, 0.15) is 0 Å². The van der Waals surface area contributed by atoms with Crippen LogP contribution in [0.15, 0.2) is 29.2 Å². The molecule has 1 saturated heterocycles. The standard InChI is InChI=1S/C15H20F2N2O3S/c1-11-6-4-5-9-19(11)10-14(20)18-12-7-2-3-8-13(12)23(21,22)15(16)17/h2-3,7-8,11,15H,4-6,9-10H2,1H3,(H,18,20)/t11-/m0/s1. The number of likely N-dealkylation sites (tertiary alicyclic amines) is 1. The summed E-state index contributed by atoms with van der Waals surface area (Å²) in [7, 11) is -4.76. The Morgan fingerprint density at radius 1 is 1.35 bits per heavy atom. The van der Waals surface area contributed by atoms with Crippen LogP contribution in [0.2, 0.25) is 0 Å². The minimum absolute atomic E-state index is 0.109. The van der Waals surface area contributed by atoms with Crippen molar-refractivity contribution in [2.45, 2.75) is 42.9 Å². The first kappa shape index (κ1) is 17.8. The first-order valence-electron chi connectivity index (χ1n) is 7.47. The predicted octanol–water partition coefficient (Wildman–Crippen LogP) is 2.50. The van der Waals surface area contributed by atoms with Crippen LogP contribution in [-0.4, -0.2) is 44.1 Å². The van der Waals surface area contributed by atoms with Crippen LogP contribution in [-0.2, 0) is 14.6 Å². The van der Waals surface area contributed by atoms with E-state index in [0.717, 1.165) is 31.9 Å². The molecule has 1 aliphatic rings. The number of anilines is 1. The lowest BCUT2D eigenvalue weighted by atomic mass is 10.0. The zero-order valence-corrected chi connectivity index (χ0v) is 13.7. The number of amides is 1. The number of rotatable bonds is 5. The van der Waals surface area contributed by atoms with Gasteiger partial charge in [0.05, 0.1) is 17.1 Å². The Labute approximate surface area is 134 Å². The van der Waals surface area contributed by atoms with Crippen LogP contribution < -0.4 is 5.32 Å². The monoisotopic (exact) mass is 346 g/mol. The zero-order valence-electron chi connectivity index (χ0n) is 12.8. The number of halogens is 2. The van der Waals surface area contributed by atoms with Crippen molar-refractivity contribution in [3.63, 3.8) is 0 Å². The second-order valence-electron chi connectivity index (χ2n) is 5.67. The molecule has 1 aromatic rings. The van der Waals surface area contributed by atoms with Gasteiger partial charge in [-0.2, -0.15) is 8.78 Å². The van der Waals surface area contributed by atoms with Crippen LogP contribution in [0.1, 0.15) is 26.2 Å². The van der Waals surface area contributed by atoms with E-state index in [1.54, 1.807) is 0 Å². The normalized spacial score (nSPS) is 19.7. The van der Waals surface area contributed by atoms with Gasteiger partial charge in [0.25, 0.3) is 0 Å². The van der Waals surface area contributed by atoms with Crippen molar-refractivity contribution in [2.75, 3.05) is 18.4 Å². The smallest absolute Gasteiger partial charge is 0.324 e. The molecule has 0 spiro atoms. The first-order chi connectivity index (χ1) is 10.8. The number of hydrogen-bond donors (Lipinski definition) is 1. The minimum atomic E-state index is -4.76. The topological polar surface area (TPSA) is 66.5 Å². The molecule has 23 heavy (non-hydrogen) atoms. The van der Waals surface area contributed by atoms with Gasteiger partial charge < -0.3 is 5.32 Å². The summed E-state index contributed by atoms with van der Waals surface area (Å²) >= 11 is 0. The number of sulfone groups is 1.